The maximum Gasteiger partial charge on any atom is 0.306 e. The highest BCUT2D eigenvalue weighted by atomic mass is 16.6. The van der Waals surface area contributed by atoms with Crippen molar-refractivity contribution in [2.75, 3.05) is 13.2 Å². The van der Waals surface area contributed by atoms with Crippen LogP contribution in [0.2, 0.25) is 0 Å². The Kier molecular flexibility index (Phi) is 48.4. The summed E-state index contributed by atoms with van der Waals surface area (Å²) in [6, 6.07) is 0. The van der Waals surface area contributed by atoms with Crippen molar-refractivity contribution in [3.63, 3.8) is 0 Å². The molecule has 0 aliphatic carbocycles. The van der Waals surface area contributed by atoms with Gasteiger partial charge in [0.2, 0.25) is 0 Å². The van der Waals surface area contributed by atoms with Gasteiger partial charge in [-0.3, -0.25) is 14.4 Å². The number of esters is 3. The van der Waals surface area contributed by atoms with E-state index in [9.17, 15) is 14.4 Å². The molecule has 6 heteroatoms. The van der Waals surface area contributed by atoms with Gasteiger partial charge in [0.15, 0.2) is 6.10 Å². The highest BCUT2D eigenvalue weighted by Crippen LogP contribution is 2.15. The second kappa shape index (κ2) is 50.8. The number of carbonyl (C=O) groups is 3. The van der Waals surface area contributed by atoms with Gasteiger partial charge in [-0.2, -0.15) is 0 Å². The van der Waals surface area contributed by atoms with Gasteiger partial charge < -0.3 is 14.2 Å². The van der Waals surface area contributed by atoms with Crippen molar-refractivity contribution in [1.82, 2.24) is 0 Å². The third kappa shape index (κ3) is 48.1. The molecular weight excluding hydrogens is 769 g/mol. The van der Waals surface area contributed by atoms with Gasteiger partial charge >= 0.3 is 17.9 Å². The Hall–Kier alpha value is -2.89. The normalized spacial score (nSPS) is 12.5. The van der Waals surface area contributed by atoms with E-state index in [0.29, 0.717) is 19.3 Å². The topological polar surface area (TPSA) is 78.9 Å². The van der Waals surface area contributed by atoms with Gasteiger partial charge in [0.05, 0.1) is 0 Å². The van der Waals surface area contributed by atoms with Gasteiger partial charge in [0.25, 0.3) is 0 Å². The standard InChI is InChI=1S/C56H98O6/c1-4-7-10-13-16-19-22-25-28-31-34-37-40-43-46-49-55(58)61-52-53(51-60-54(57)48-45-42-39-36-33-30-27-24-21-18-15-12-9-6-3)62-56(59)50-47-44-41-38-35-32-29-26-23-20-17-14-11-8-5-2/h7,10,15-16,18-19,24-25,27-28,53H,4-6,8-9,11-14,17,20-23,26,29-52H2,1-3H3/b10-7+,18-15+,19-16+,27-24+,28-25+/t53-/m1/s1. The molecule has 0 amide bonds. The van der Waals surface area contributed by atoms with Crippen LogP contribution in [-0.4, -0.2) is 37.2 Å². The molecule has 0 aromatic carbocycles. The predicted octanol–water partition coefficient (Wildman–Crippen LogP) is 17.3. The summed E-state index contributed by atoms with van der Waals surface area (Å²) in [6.07, 6.45) is 62.0. The first-order chi connectivity index (χ1) is 30.5. The van der Waals surface area contributed by atoms with Gasteiger partial charge in [-0.25, -0.2) is 0 Å². The second-order valence-electron chi connectivity index (χ2n) is 17.4. The summed E-state index contributed by atoms with van der Waals surface area (Å²) in [6.45, 7) is 6.47. The van der Waals surface area contributed by atoms with Crippen LogP contribution in [0.1, 0.15) is 258 Å². The van der Waals surface area contributed by atoms with Gasteiger partial charge in [-0.05, 0) is 77.0 Å². The zero-order valence-corrected chi connectivity index (χ0v) is 40.9. The summed E-state index contributed by atoms with van der Waals surface area (Å²) in [5.41, 5.74) is 0. The molecule has 6 nitrogen and oxygen atoms in total. The maximum absolute atomic E-state index is 12.8. The molecular formula is C56H98O6. The molecule has 0 aromatic rings. The molecule has 0 rings (SSSR count). The summed E-state index contributed by atoms with van der Waals surface area (Å²) in [5, 5.41) is 0. The molecule has 1 atom stereocenters. The van der Waals surface area contributed by atoms with Crippen LogP contribution in [0.4, 0.5) is 0 Å². The summed E-state index contributed by atoms with van der Waals surface area (Å²) in [4.78, 5) is 38.0. The van der Waals surface area contributed by atoms with Crippen LogP contribution in [0, 0.1) is 0 Å². The minimum absolute atomic E-state index is 0.0854. The summed E-state index contributed by atoms with van der Waals surface area (Å²) < 4.78 is 16.8. The summed E-state index contributed by atoms with van der Waals surface area (Å²) in [5.74, 6) is -0.908. The fourth-order valence-corrected chi connectivity index (χ4v) is 7.30. The lowest BCUT2D eigenvalue weighted by atomic mass is 10.0. The van der Waals surface area contributed by atoms with Gasteiger partial charge in [-0.1, -0.05) is 223 Å². The molecule has 0 heterocycles. The Morgan fingerprint density at radius 3 is 1.03 bits per heavy atom. The Bertz CT molecular complexity index is 1130. The van der Waals surface area contributed by atoms with E-state index in [0.717, 1.165) is 116 Å². The van der Waals surface area contributed by atoms with E-state index < -0.39 is 6.10 Å². The van der Waals surface area contributed by atoms with Crippen molar-refractivity contribution >= 4 is 17.9 Å². The predicted molar refractivity (Wildman–Crippen MR) is 265 cm³/mol. The van der Waals surface area contributed by atoms with E-state index in [2.05, 4.69) is 81.5 Å². The van der Waals surface area contributed by atoms with E-state index in [1.165, 1.54) is 103 Å². The molecule has 358 valence electrons. The minimum atomic E-state index is -0.784. The Morgan fingerprint density at radius 2 is 0.645 bits per heavy atom. The van der Waals surface area contributed by atoms with Crippen LogP contribution in [-0.2, 0) is 28.6 Å². The average Bonchev–Trinajstić information content (AvgIpc) is 3.27. The Balaban J connectivity index is 4.41. The first-order valence-corrected chi connectivity index (χ1v) is 26.3. The van der Waals surface area contributed by atoms with Gasteiger partial charge in [0, 0.05) is 19.3 Å². The lowest BCUT2D eigenvalue weighted by Gasteiger charge is -2.18. The molecule has 0 fully saturated rings. The third-order valence-electron chi connectivity index (χ3n) is 11.3. The van der Waals surface area contributed by atoms with E-state index >= 15 is 0 Å². The number of rotatable bonds is 47. The molecule has 0 bridgehead atoms. The molecule has 0 saturated heterocycles. The van der Waals surface area contributed by atoms with Gasteiger partial charge in [0.1, 0.15) is 13.2 Å². The monoisotopic (exact) mass is 867 g/mol. The molecule has 0 aliphatic heterocycles. The molecule has 0 aliphatic rings. The lowest BCUT2D eigenvalue weighted by molar-refractivity contribution is -0.167. The van der Waals surface area contributed by atoms with Crippen LogP contribution in [0.5, 0.6) is 0 Å². The van der Waals surface area contributed by atoms with Crippen molar-refractivity contribution in [3.8, 4) is 0 Å². The fourth-order valence-electron chi connectivity index (χ4n) is 7.30. The fraction of sp³-hybridized carbons (Fsp3) is 0.768. The highest BCUT2D eigenvalue weighted by molar-refractivity contribution is 5.71. The van der Waals surface area contributed by atoms with Crippen molar-refractivity contribution in [2.24, 2.45) is 0 Å². The number of ether oxygens (including phenoxy) is 3. The van der Waals surface area contributed by atoms with Crippen molar-refractivity contribution < 1.29 is 28.6 Å². The smallest absolute Gasteiger partial charge is 0.306 e. The van der Waals surface area contributed by atoms with Crippen molar-refractivity contribution in [1.29, 1.82) is 0 Å². The second-order valence-corrected chi connectivity index (χ2v) is 17.4. The van der Waals surface area contributed by atoms with E-state index in [-0.39, 0.29) is 31.1 Å². The SMILES string of the molecule is CC/C=C/C/C=C/C/C=C/CCCCCCCC(=O)OC[C@@H](COC(=O)CCCCCCC/C=C/C/C=C/CCCC)OC(=O)CCCCCCCCCCCCCCCCC. The zero-order chi connectivity index (χ0) is 45.1. The van der Waals surface area contributed by atoms with Crippen molar-refractivity contribution in [3.05, 3.63) is 60.8 Å². The zero-order valence-electron chi connectivity index (χ0n) is 40.9. The maximum atomic E-state index is 12.8. The van der Waals surface area contributed by atoms with E-state index in [1.807, 2.05) is 0 Å². The van der Waals surface area contributed by atoms with E-state index in [1.54, 1.807) is 0 Å². The first-order valence-electron chi connectivity index (χ1n) is 26.3. The first kappa shape index (κ1) is 59.1. The van der Waals surface area contributed by atoms with Crippen LogP contribution in [0.3, 0.4) is 0 Å². The Morgan fingerprint density at radius 1 is 0.339 bits per heavy atom. The number of unbranched alkanes of at least 4 members (excludes halogenated alkanes) is 26. The van der Waals surface area contributed by atoms with E-state index in [4.69, 9.17) is 14.2 Å². The molecule has 0 aromatic heterocycles. The quantitative estimate of drug-likeness (QED) is 0.0262. The lowest BCUT2D eigenvalue weighted by Crippen LogP contribution is -2.30. The number of carbonyl (C=O) groups excluding carboxylic acids is 3. The molecule has 0 saturated carbocycles. The average molecular weight is 867 g/mol. The summed E-state index contributed by atoms with van der Waals surface area (Å²) >= 11 is 0. The van der Waals surface area contributed by atoms with Crippen LogP contribution in [0.15, 0.2) is 60.8 Å². The van der Waals surface area contributed by atoms with Crippen LogP contribution < -0.4 is 0 Å². The minimum Gasteiger partial charge on any atom is -0.462 e. The third-order valence-corrected chi connectivity index (χ3v) is 11.3. The number of hydrogen-bond acceptors (Lipinski definition) is 6. The van der Waals surface area contributed by atoms with Crippen molar-refractivity contribution in [2.45, 2.75) is 264 Å². The van der Waals surface area contributed by atoms with Crippen LogP contribution >= 0.6 is 0 Å². The molecule has 0 unspecified atom stereocenters. The molecule has 0 spiro atoms. The highest BCUT2D eigenvalue weighted by Gasteiger charge is 2.19. The Labute approximate surface area is 383 Å². The summed E-state index contributed by atoms with van der Waals surface area (Å²) in [7, 11) is 0. The van der Waals surface area contributed by atoms with Crippen LogP contribution in [0.25, 0.3) is 0 Å². The number of allylic oxidation sites excluding steroid dienone is 10. The molecule has 62 heavy (non-hydrogen) atoms. The van der Waals surface area contributed by atoms with Gasteiger partial charge in [-0.15, -0.1) is 0 Å². The number of hydrogen-bond donors (Lipinski definition) is 0. The molecule has 0 radical (unpaired) electrons. The largest absolute Gasteiger partial charge is 0.462 e. The molecule has 0 N–H and O–H groups in total.